The first-order valence-electron chi connectivity index (χ1n) is 9.78. The molecule has 0 aliphatic carbocycles. The molecule has 0 bridgehead atoms. The van der Waals surface area contributed by atoms with Gasteiger partial charge in [0, 0.05) is 32.7 Å². The molecule has 1 amide bonds. The highest BCUT2D eigenvalue weighted by molar-refractivity contribution is 5.78. The van der Waals surface area contributed by atoms with Gasteiger partial charge in [-0.3, -0.25) is 4.79 Å². The molecule has 2 fully saturated rings. The average Bonchev–Trinajstić information content (AvgIpc) is 3.07. The van der Waals surface area contributed by atoms with E-state index >= 15 is 0 Å². The number of nitrogens with zero attached hydrogens (tertiary/aromatic N) is 3. The molecule has 0 radical (unpaired) electrons. The maximum Gasteiger partial charge on any atom is 0.224 e. The van der Waals surface area contributed by atoms with E-state index in [0.29, 0.717) is 51.3 Å². The number of aromatic nitrogens is 2. The van der Waals surface area contributed by atoms with Crippen molar-refractivity contribution < 1.29 is 19.7 Å². The van der Waals surface area contributed by atoms with Crippen LogP contribution in [0.15, 0.2) is 24.3 Å². The molecular formula is C20H27N3O4. The van der Waals surface area contributed by atoms with Crippen molar-refractivity contribution in [3.8, 4) is 0 Å². The molecule has 4 rings (SSSR count). The maximum atomic E-state index is 12.7. The number of aliphatic hydroxyl groups excluding tert-OH is 2. The van der Waals surface area contributed by atoms with Gasteiger partial charge in [-0.15, -0.1) is 0 Å². The molecule has 2 aliphatic heterocycles. The monoisotopic (exact) mass is 373 g/mol. The molecule has 2 aliphatic rings. The second kappa shape index (κ2) is 7.58. The van der Waals surface area contributed by atoms with Crippen LogP contribution in [0.2, 0.25) is 0 Å². The molecule has 7 heteroatoms. The number of imidazole rings is 1. The van der Waals surface area contributed by atoms with Gasteiger partial charge in [0.1, 0.15) is 12.4 Å². The van der Waals surface area contributed by atoms with Crippen molar-refractivity contribution in [2.45, 2.75) is 57.0 Å². The minimum atomic E-state index is -0.459. The van der Waals surface area contributed by atoms with Gasteiger partial charge in [-0.25, -0.2) is 4.98 Å². The van der Waals surface area contributed by atoms with Crippen LogP contribution in [0.5, 0.6) is 0 Å². The zero-order valence-corrected chi connectivity index (χ0v) is 15.5. The molecule has 3 heterocycles. The first kappa shape index (κ1) is 18.4. The number of benzene rings is 1. The average molecular weight is 373 g/mol. The standard InChI is InChI=1S/C20H27N3O4/c24-14-18-21-15-4-1-2-5-16(15)23(18)10-7-19(26)22-11-8-20(9-12-22)17(25)6-3-13-27-20/h1-2,4-5,17,24-25H,3,6-14H2/t17-/m1/s1. The summed E-state index contributed by atoms with van der Waals surface area (Å²) in [5.74, 6) is 0.678. The Morgan fingerprint density at radius 1 is 1.30 bits per heavy atom. The number of fused-ring (bicyclic) bond motifs is 1. The van der Waals surface area contributed by atoms with Crippen LogP contribution in [0, 0.1) is 0 Å². The summed E-state index contributed by atoms with van der Waals surface area (Å²) < 4.78 is 7.84. The van der Waals surface area contributed by atoms with Gasteiger partial charge in [0.25, 0.3) is 0 Å². The summed E-state index contributed by atoms with van der Waals surface area (Å²) in [7, 11) is 0. The molecular weight excluding hydrogens is 346 g/mol. The number of ether oxygens (including phenoxy) is 1. The van der Waals surface area contributed by atoms with Crippen LogP contribution in [0.1, 0.15) is 37.9 Å². The molecule has 1 atom stereocenters. The predicted octanol–water partition coefficient (Wildman–Crippen LogP) is 1.45. The summed E-state index contributed by atoms with van der Waals surface area (Å²) in [6.07, 6.45) is 3.01. The van der Waals surface area contributed by atoms with Crippen molar-refractivity contribution in [1.29, 1.82) is 0 Å². The fourth-order valence-electron chi connectivity index (χ4n) is 4.38. The molecule has 0 saturated carbocycles. The molecule has 2 aromatic rings. The fourth-order valence-corrected chi connectivity index (χ4v) is 4.38. The number of aliphatic hydroxyl groups is 2. The van der Waals surface area contributed by atoms with E-state index in [1.165, 1.54) is 0 Å². The highest BCUT2D eigenvalue weighted by Crippen LogP contribution is 2.35. The summed E-state index contributed by atoms with van der Waals surface area (Å²) in [4.78, 5) is 19.0. The number of carbonyl (C=O) groups is 1. The number of amides is 1. The van der Waals surface area contributed by atoms with Gasteiger partial charge in [-0.05, 0) is 37.8 Å². The van der Waals surface area contributed by atoms with Crippen LogP contribution in [-0.2, 0) is 22.7 Å². The zero-order valence-electron chi connectivity index (χ0n) is 15.5. The first-order valence-corrected chi connectivity index (χ1v) is 9.78. The Hall–Kier alpha value is -1.96. The Morgan fingerprint density at radius 3 is 2.81 bits per heavy atom. The van der Waals surface area contributed by atoms with Crippen molar-refractivity contribution >= 4 is 16.9 Å². The molecule has 1 spiro atoms. The third kappa shape index (κ3) is 3.47. The van der Waals surface area contributed by atoms with E-state index in [4.69, 9.17) is 4.74 Å². The maximum absolute atomic E-state index is 12.7. The molecule has 27 heavy (non-hydrogen) atoms. The van der Waals surface area contributed by atoms with E-state index in [9.17, 15) is 15.0 Å². The van der Waals surface area contributed by atoms with Crippen LogP contribution in [-0.4, -0.2) is 62.0 Å². The van der Waals surface area contributed by atoms with Gasteiger partial charge in [0.05, 0.1) is 22.7 Å². The van der Waals surface area contributed by atoms with Crippen LogP contribution >= 0.6 is 0 Å². The van der Waals surface area contributed by atoms with Gasteiger partial charge in [-0.1, -0.05) is 12.1 Å². The smallest absolute Gasteiger partial charge is 0.224 e. The number of hydrogen-bond donors (Lipinski definition) is 2. The number of piperidine rings is 1. The van der Waals surface area contributed by atoms with Crippen LogP contribution in [0.4, 0.5) is 0 Å². The Balaban J connectivity index is 1.38. The number of para-hydroxylation sites is 2. The van der Waals surface area contributed by atoms with E-state index in [0.717, 1.165) is 23.9 Å². The lowest BCUT2D eigenvalue weighted by Crippen LogP contribution is -2.56. The predicted molar refractivity (Wildman–Crippen MR) is 100 cm³/mol. The van der Waals surface area contributed by atoms with Crippen molar-refractivity contribution in [1.82, 2.24) is 14.5 Å². The van der Waals surface area contributed by atoms with Crippen LogP contribution in [0.25, 0.3) is 11.0 Å². The summed E-state index contributed by atoms with van der Waals surface area (Å²) in [6.45, 7) is 2.28. The SMILES string of the molecule is O=C(CCn1c(CO)nc2ccccc21)N1CCC2(CC1)OCCC[C@H]2O. The minimum Gasteiger partial charge on any atom is -0.390 e. The van der Waals surface area contributed by atoms with E-state index in [1.807, 2.05) is 33.7 Å². The largest absolute Gasteiger partial charge is 0.390 e. The number of aryl methyl sites for hydroxylation is 1. The third-order valence-electron chi connectivity index (χ3n) is 6.01. The normalized spacial score (nSPS) is 22.4. The molecule has 2 N–H and O–H groups in total. The molecule has 146 valence electrons. The summed E-state index contributed by atoms with van der Waals surface area (Å²) in [5, 5.41) is 19.9. The molecule has 2 saturated heterocycles. The second-order valence-corrected chi connectivity index (χ2v) is 7.53. The highest BCUT2D eigenvalue weighted by atomic mass is 16.5. The lowest BCUT2D eigenvalue weighted by Gasteiger charge is -2.46. The first-order chi connectivity index (χ1) is 13.1. The Morgan fingerprint density at radius 2 is 2.07 bits per heavy atom. The van der Waals surface area contributed by atoms with E-state index in [2.05, 4.69) is 4.98 Å². The van der Waals surface area contributed by atoms with Crippen LogP contribution in [0.3, 0.4) is 0 Å². The molecule has 1 aromatic heterocycles. The fraction of sp³-hybridized carbons (Fsp3) is 0.600. The lowest BCUT2D eigenvalue weighted by molar-refractivity contribution is -0.179. The topological polar surface area (TPSA) is 87.8 Å². The second-order valence-electron chi connectivity index (χ2n) is 7.53. The van der Waals surface area contributed by atoms with Gasteiger partial charge in [-0.2, -0.15) is 0 Å². The van der Waals surface area contributed by atoms with Crippen molar-refractivity contribution in [3.05, 3.63) is 30.1 Å². The van der Waals surface area contributed by atoms with Crippen LogP contribution < -0.4 is 0 Å². The summed E-state index contributed by atoms with van der Waals surface area (Å²) in [5.41, 5.74) is 1.31. The van der Waals surface area contributed by atoms with Gasteiger partial charge < -0.3 is 24.4 Å². The molecule has 1 aromatic carbocycles. The van der Waals surface area contributed by atoms with E-state index in [-0.39, 0.29) is 12.5 Å². The van der Waals surface area contributed by atoms with Crippen molar-refractivity contribution in [2.75, 3.05) is 19.7 Å². The molecule has 0 unspecified atom stereocenters. The number of likely N-dealkylation sites (tertiary alicyclic amines) is 1. The molecule has 7 nitrogen and oxygen atoms in total. The van der Waals surface area contributed by atoms with Crippen molar-refractivity contribution in [2.24, 2.45) is 0 Å². The van der Waals surface area contributed by atoms with E-state index in [1.54, 1.807) is 0 Å². The van der Waals surface area contributed by atoms with Gasteiger partial charge in [0.2, 0.25) is 5.91 Å². The third-order valence-corrected chi connectivity index (χ3v) is 6.01. The quantitative estimate of drug-likeness (QED) is 0.847. The Kier molecular flexibility index (Phi) is 5.16. The summed E-state index contributed by atoms with van der Waals surface area (Å²) in [6, 6.07) is 7.71. The van der Waals surface area contributed by atoms with Gasteiger partial charge in [0.15, 0.2) is 0 Å². The van der Waals surface area contributed by atoms with Crippen molar-refractivity contribution in [3.63, 3.8) is 0 Å². The number of carbonyl (C=O) groups excluding carboxylic acids is 1. The lowest BCUT2D eigenvalue weighted by atomic mass is 9.82. The number of rotatable bonds is 4. The number of hydrogen-bond acceptors (Lipinski definition) is 5. The highest BCUT2D eigenvalue weighted by Gasteiger charge is 2.44. The zero-order chi connectivity index (χ0) is 18.9. The Labute approximate surface area is 158 Å². The van der Waals surface area contributed by atoms with Gasteiger partial charge >= 0.3 is 0 Å². The Bertz CT molecular complexity index is 811. The minimum absolute atomic E-state index is 0.0943. The van der Waals surface area contributed by atoms with E-state index < -0.39 is 11.7 Å². The summed E-state index contributed by atoms with van der Waals surface area (Å²) >= 11 is 0.